The first kappa shape index (κ1) is 9.79. The van der Waals surface area contributed by atoms with Crippen molar-refractivity contribution in [3.8, 4) is 6.07 Å². The van der Waals surface area contributed by atoms with Gasteiger partial charge in [-0.15, -0.1) is 0 Å². The second-order valence-corrected chi connectivity index (χ2v) is 3.13. The van der Waals surface area contributed by atoms with Gasteiger partial charge in [-0.25, -0.2) is 4.98 Å². The standard InChI is InChI=1S/C10H15N3/c1-3-5-9-7-12-10(13-9)8(4-2)6-11/h7-8H,3-5H2,1-2H3,(H,12,13). The van der Waals surface area contributed by atoms with Gasteiger partial charge >= 0.3 is 0 Å². The van der Waals surface area contributed by atoms with Gasteiger partial charge in [-0.2, -0.15) is 5.26 Å². The topological polar surface area (TPSA) is 52.5 Å². The van der Waals surface area contributed by atoms with Crippen molar-refractivity contribution < 1.29 is 0 Å². The number of hydrogen-bond acceptors (Lipinski definition) is 2. The molecule has 1 aromatic rings. The van der Waals surface area contributed by atoms with Crippen molar-refractivity contribution in [3.63, 3.8) is 0 Å². The molecule has 0 spiro atoms. The Morgan fingerprint density at radius 2 is 2.38 bits per heavy atom. The van der Waals surface area contributed by atoms with E-state index in [0.717, 1.165) is 30.8 Å². The quantitative estimate of drug-likeness (QED) is 0.767. The molecule has 0 aromatic carbocycles. The molecule has 70 valence electrons. The molecule has 3 nitrogen and oxygen atoms in total. The molecule has 0 bridgehead atoms. The zero-order valence-corrected chi connectivity index (χ0v) is 8.17. The van der Waals surface area contributed by atoms with E-state index in [1.165, 1.54) is 0 Å². The van der Waals surface area contributed by atoms with E-state index >= 15 is 0 Å². The average molecular weight is 177 g/mol. The SMILES string of the molecule is CCCc1cnc(C(C#N)CC)[nH]1. The van der Waals surface area contributed by atoms with Crippen molar-refractivity contribution in [2.45, 2.75) is 39.0 Å². The van der Waals surface area contributed by atoms with Crippen LogP contribution in [0.2, 0.25) is 0 Å². The van der Waals surface area contributed by atoms with E-state index in [0.29, 0.717) is 0 Å². The molecule has 1 unspecified atom stereocenters. The largest absolute Gasteiger partial charge is 0.345 e. The predicted molar refractivity (Wildman–Crippen MR) is 51.2 cm³/mol. The molecule has 1 aromatic heterocycles. The van der Waals surface area contributed by atoms with Gasteiger partial charge in [0.1, 0.15) is 11.7 Å². The summed E-state index contributed by atoms with van der Waals surface area (Å²) in [6.07, 6.45) is 4.76. The molecule has 0 fully saturated rings. The Kier molecular flexibility index (Phi) is 3.51. The van der Waals surface area contributed by atoms with Gasteiger partial charge < -0.3 is 4.98 Å². The van der Waals surface area contributed by atoms with Crippen LogP contribution in [0.3, 0.4) is 0 Å². The van der Waals surface area contributed by atoms with Gasteiger partial charge in [0.15, 0.2) is 0 Å². The number of imidazole rings is 1. The molecule has 0 aliphatic rings. The summed E-state index contributed by atoms with van der Waals surface area (Å²) in [5, 5.41) is 8.81. The summed E-state index contributed by atoms with van der Waals surface area (Å²) < 4.78 is 0. The third kappa shape index (κ3) is 2.32. The van der Waals surface area contributed by atoms with Crippen LogP contribution in [-0.4, -0.2) is 9.97 Å². The molecule has 0 saturated heterocycles. The molecule has 0 aliphatic carbocycles. The van der Waals surface area contributed by atoms with Gasteiger partial charge in [0, 0.05) is 11.9 Å². The highest BCUT2D eigenvalue weighted by molar-refractivity contribution is 5.11. The minimum Gasteiger partial charge on any atom is -0.345 e. The number of nitrogens with one attached hydrogen (secondary N) is 1. The van der Waals surface area contributed by atoms with Crippen molar-refractivity contribution in [1.82, 2.24) is 9.97 Å². The molecule has 0 radical (unpaired) electrons. The van der Waals surface area contributed by atoms with Crippen LogP contribution in [0.1, 0.15) is 44.1 Å². The van der Waals surface area contributed by atoms with Crippen LogP contribution in [0.15, 0.2) is 6.20 Å². The molecule has 3 heteroatoms. The molecular weight excluding hydrogens is 162 g/mol. The van der Waals surface area contributed by atoms with Crippen molar-refractivity contribution >= 4 is 0 Å². The number of rotatable bonds is 4. The smallest absolute Gasteiger partial charge is 0.123 e. The predicted octanol–water partition coefficient (Wildman–Crippen LogP) is 2.38. The maximum Gasteiger partial charge on any atom is 0.123 e. The normalized spacial score (nSPS) is 12.4. The van der Waals surface area contributed by atoms with E-state index in [2.05, 4.69) is 23.0 Å². The van der Waals surface area contributed by atoms with Gasteiger partial charge in [-0.05, 0) is 12.8 Å². The Morgan fingerprint density at radius 3 is 2.92 bits per heavy atom. The van der Waals surface area contributed by atoms with Crippen LogP contribution in [-0.2, 0) is 6.42 Å². The maximum atomic E-state index is 8.81. The molecule has 0 amide bonds. The molecule has 1 rings (SSSR count). The number of aromatic nitrogens is 2. The lowest BCUT2D eigenvalue weighted by Gasteiger charge is -1.99. The van der Waals surface area contributed by atoms with E-state index < -0.39 is 0 Å². The summed E-state index contributed by atoms with van der Waals surface area (Å²) in [6.45, 7) is 4.12. The Hall–Kier alpha value is -1.30. The van der Waals surface area contributed by atoms with E-state index in [9.17, 15) is 0 Å². The maximum absolute atomic E-state index is 8.81. The summed E-state index contributed by atoms with van der Waals surface area (Å²) in [7, 11) is 0. The Labute approximate surface area is 78.8 Å². The fraction of sp³-hybridized carbons (Fsp3) is 0.600. The van der Waals surface area contributed by atoms with E-state index in [-0.39, 0.29) is 5.92 Å². The highest BCUT2D eigenvalue weighted by Gasteiger charge is 2.11. The number of nitriles is 1. The fourth-order valence-electron chi connectivity index (χ4n) is 1.30. The number of nitrogens with zero attached hydrogens (tertiary/aromatic N) is 2. The molecular formula is C10H15N3. The summed E-state index contributed by atoms with van der Waals surface area (Å²) in [6, 6.07) is 2.23. The minimum atomic E-state index is -0.0781. The minimum absolute atomic E-state index is 0.0781. The summed E-state index contributed by atoms with van der Waals surface area (Å²) in [5.74, 6) is 0.735. The van der Waals surface area contributed by atoms with Crippen molar-refractivity contribution in [3.05, 3.63) is 17.7 Å². The van der Waals surface area contributed by atoms with E-state index in [1.807, 2.05) is 13.1 Å². The molecule has 0 saturated carbocycles. The van der Waals surface area contributed by atoms with Gasteiger partial charge in [0.05, 0.1) is 6.07 Å². The number of hydrogen-bond donors (Lipinski definition) is 1. The second kappa shape index (κ2) is 4.66. The zero-order valence-electron chi connectivity index (χ0n) is 8.17. The molecule has 13 heavy (non-hydrogen) atoms. The highest BCUT2D eigenvalue weighted by atomic mass is 14.9. The molecule has 0 aliphatic heterocycles. The first-order chi connectivity index (χ1) is 6.31. The van der Waals surface area contributed by atoms with Gasteiger partial charge in [-0.3, -0.25) is 0 Å². The lowest BCUT2D eigenvalue weighted by Crippen LogP contribution is -1.96. The molecule has 1 heterocycles. The Balaban J connectivity index is 2.73. The van der Waals surface area contributed by atoms with Crippen molar-refractivity contribution in [2.75, 3.05) is 0 Å². The van der Waals surface area contributed by atoms with Crippen LogP contribution in [0.4, 0.5) is 0 Å². The number of aromatic amines is 1. The number of H-pyrrole nitrogens is 1. The third-order valence-corrected chi connectivity index (χ3v) is 2.06. The Bertz CT molecular complexity index is 295. The Morgan fingerprint density at radius 1 is 1.62 bits per heavy atom. The van der Waals surface area contributed by atoms with Crippen LogP contribution in [0.5, 0.6) is 0 Å². The average Bonchev–Trinajstić information content (AvgIpc) is 2.56. The summed E-state index contributed by atoms with van der Waals surface area (Å²) >= 11 is 0. The van der Waals surface area contributed by atoms with Crippen LogP contribution in [0, 0.1) is 11.3 Å². The first-order valence-electron chi connectivity index (χ1n) is 4.75. The second-order valence-electron chi connectivity index (χ2n) is 3.13. The van der Waals surface area contributed by atoms with E-state index in [1.54, 1.807) is 0 Å². The van der Waals surface area contributed by atoms with Gasteiger partial charge in [0.25, 0.3) is 0 Å². The fourth-order valence-corrected chi connectivity index (χ4v) is 1.30. The lowest BCUT2D eigenvalue weighted by atomic mass is 10.1. The lowest BCUT2D eigenvalue weighted by molar-refractivity contribution is 0.759. The summed E-state index contributed by atoms with van der Waals surface area (Å²) in [4.78, 5) is 7.38. The molecule has 1 atom stereocenters. The van der Waals surface area contributed by atoms with Crippen molar-refractivity contribution in [2.24, 2.45) is 0 Å². The highest BCUT2D eigenvalue weighted by Crippen LogP contribution is 2.15. The van der Waals surface area contributed by atoms with Crippen LogP contribution >= 0.6 is 0 Å². The van der Waals surface area contributed by atoms with E-state index in [4.69, 9.17) is 5.26 Å². The van der Waals surface area contributed by atoms with Gasteiger partial charge in [-0.1, -0.05) is 20.3 Å². The third-order valence-electron chi connectivity index (χ3n) is 2.06. The summed E-state index contributed by atoms with van der Waals surface area (Å²) in [5.41, 5.74) is 1.13. The van der Waals surface area contributed by atoms with Crippen LogP contribution < -0.4 is 0 Å². The van der Waals surface area contributed by atoms with Crippen LogP contribution in [0.25, 0.3) is 0 Å². The van der Waals surface area contributed by atoms with Crippen molar-refractivity contribution in [1.29, 1.82) is 5.26 Å². The zero-order chi connectivity index (χ0) is 9.68. The molecule has 1 N–H and O–H groups in total. The van der Waals surface area contributed by atoms with Gasteiger partial charge in [0.2, 0.25) is 0 Å². The monoisotopic (exact) mass is 177 g/mol. The number of aryl methyl sites for hydroxylation is 1. The first-order valence-corrected chi connectivity index (χ1v) is 4.75.